The minimum absolute atomic E-state index is 0. The van der Waals surface area contributed by atoms with Crippen LogP contribution in [-0.4, -0.2) is 154 Å². The molecule has 358 valence electrons. The van der Waals surface area contributed by atoms with Crippen molar-refractivity contribution in [1.82, 2.24) is 0 Å². The first-order valence-corrected chi connectivity index (χ1v) is 22.1. The highest BCUT2D eigenvalue weighted by atomic mass is 36.0. The molecule has 0 aromatic carbocycles. The Morgan fingerprint density at radius 2 is 0.806 bits per heavy atom. The fourth-order valence-electron chi connectivity index (χ4n) is 8.30. The van der Waals surface area contributed by atoms with E-state index in [2.05, 4.69) is 38.5 Å². The summed E-state index contributed by atoms with van der Waals surface area (Å²) in [5.41, 5.74) is 0. The highest BCUT2D eigenvalue weighted by Crippen LogP contribution is 2.46. The van der Waals surface area contributed by atoms with Crippen LogP contribution in [0.5, 0.6) is 0 Å². The minimum Gasteiger partial charge on any atom is -0.411 e. The van der Waals surface area contributed by atoms with Gasteiger partial charge in [0.1, 0.15) is 67.1 Å². The van der Waals surface area contributed by atoms with E-state index >= 15 is 0 Å². The number of fused-ring (bicyclic) bond motifs is 9. The van der Waals surface area contributed by atoms with Crippen LogP contribution in [0, 0.1) is 11.3 Å². The van der Waals surface area contributed by atoms with Crippen molar-refractivity contribution in [2.24, 2.45) is 11.1 Å². The van der Waals surface area contributed by atoms with Gasteiger partial charge in [-0.2, -0.15) is 5.26 Å². The van der Waals surface area contributed by atoms with Gasteiger partial charge in [0.05, 0.1) is 12.3 Å². The lowest BCUT2D eigenvalue weighted by Crippen LogP contribution is -2.55. The lowest BCUT2D eigenvalue weighted by molar-refractivity contribution is -0.226. The molecule has 9 heterocycles. The van der Waals surface area contributed by atoms with Gasteiger partial charge in [-0.25, -0.2) is 10.1 Å². The SMILES string of the molecule is C.CC1(C)O[C@@H]2O[C@@H](C#N)[C@H]3OC(C)(C)O[C@H]3[C@@H]2O1.CC1(C)O[C@@H]2O[C@@H](C=NO)[C@H]3OC(C)(C)O[C@H]3[C@@H]2O1.CC1(C)O[C@@H]2O[C@@H](C=O)[C@H]3OC(C)(C)O[C@H]3[C@@H]2O1.NO.O=S(Cl)Cl. The predicted octanol–water partition coefficient (Wildman–Crippen LogP) is 3.34. The molecule has 15 atom stereocenters. The first-order chi connectivity index (χ1) is 28.2. The van der Waals surface area contributed by atoms with E-state index in [9.17, 15) is 4.79 Å². The van der Waals surface area contributed by atoms with Gasteiger partial charge in [0.2, 0.25) is 9.23 Å². The minimum atomic E-state index is -1.67. The molecule has 4 N–H and O–H groups in total. The lowest BCUT2D eigenvalue weighted by atomic mass is 10.00. The van der Waals surface area contributed by atoms with Gasteiger partial charge in [-0.1, -0.05) is 12.6 Å². The van der Waals surface area contributed by atoms with Crippen LogP contribution < -0.4 is 5.90 Å². The monoisotopic (exact) mass is 953 g/mol. The molecule has 9 aliphatic heterocycles. The number of carbonyl (C=O) groups excluding carboxylic acids is 1. The fourth-order valence-corrected chi connectivity index (χ4v) is 8.30. The lowest BCUT2D eigenvalue weighted by Gasteiger charge is -2.35. The van der Waals surface area contributed by atoms with Crippen LogP contribution in [0.4, 0.5) is 0 Å². The Labute approximate surface area is 372 Å². The Morgan fingerprint density at radius 1 is 0.532 bits per heavy atom. The molecule has 0 radical (unpaired) electrons. The van der Waals surface area contributed by atoms with Crippen molar-refractivity contribution in [3.63, 3.8) is 0 Å². The Balaban J connectivity index is 0.000000191. The molecule has 62 heavy (non-hydrogen) atoms. The highest BCUT2D eigenvalue weighted by Gasteiger charge is 2.63. The number of nitriles is 1. The van der Waals surface area contributed by atoms with E-state index in [0.717, 1.165) is 6.29 Å². The van der Waals surface area contributed by atoms with Crippen molar-refractivity contribution in [2.75, 3.05) is 0 Å². The summed E-state index contributed by atoms with van der Waals surface area (Å²) in [5, 5.41) is 27.4. The van der Waals surface area contributed by atoms with Gasteiger partial charge < -0.3 is 86.3 Å². The Hall–Kier alpha value is -1.32. The molecule has 22 nitrogen and oxygen atoms in total. The third kappa shape index (κ3) is 12.4. The van der Waals surface area contributed by atoms with E-state index in [1.54, 1.807) is 13.8 Å². The number of nitrogens with zero attached hydrogens (tertiary/aromatic N) is 2. The molecule has 0 spiro atoms. The summed E-state index contributed by atoms with van der Waals surface area (Å²) in [6.07, 6.45) is -5.01. The zero-order valence-electron chi connectivity index (χ0n) is 35.8. The molecule has 25 heteroatoms. The van der Waals surface area contributed by atoms with Crippen molar-refractivity contribution in [3.05, 3.63) is 0 Å². The molecule has 9 aliphatic rings. The van der Waals surface area contributed by atoms with Gasteiger partial charge in [0.15, 0.2) is 66.0 Å². The summed E-state index contributed by atoms with van der Waals surface area (Å²) >= 11 is 0. The first-order valence-electron chi connectivity index (χ1n) is 19.3. The summed E-state index contributed by atoms with van der Waals surface area (Å²) in [5.74, 6) is -0.926. The Morgan fingerprint density at radius 3 is 1.16 bits per heavy atom. The molecule has 0 unspecified atom stereocenters. The van der Waals surface area contributed by atoms with Crippen molar-refractivity contribution >= 4 is 43.1 Å². The Bertz CT molecular complexity index is 1630. The van der Waals surface area contributed by atoms with E-state index < -0.39 is 93.3 Å². The van der Waals surface area contributed by atoms with E-state index in [1.165, 1.54) is 6.21 Å². The van der Waals surface area contributed by atoms with Crippen LogP contribution in [0.3, 0.4) is 0 Å². The zero-order valence-corrected chi connectivity index (χ0v) is 38.1. The molecule has 0 amide bonds. The smallest absolute Gasteiger partial charge is 0.211 e. The largest absolute Gasteiger partial charge is 0.411 e. The number of oxime groups is 1. The average Bonchev–Trinajstić information content (AvgIpc) is 3.94. The molecule has 0 aliphatic carbocycles. The number of carbonyl (C=O) groups is 1. The predicted molar refractivity (Wildman–Crippen MR) is 212 cm³/mol. The van der Waals surface area contributed by atoms with Crippen LogP contribution in [0.15, 0.2) is 5.16 Å². The molecule has 9 saturated heterocycles. The van der Waals surface area contributed by atoms with Crippen LogP contribution in [0.25, 0.3) is 0 Å². The van der Waals surface area contributed by atoms with Gasteiger partial charge in [-0.05, 0) is 83.1 Å². The number of rotatable bonds is 2. The summed E-state index contributed by atoms with van der Waals surface area (Å²) < 4.78 is 95.1. The van der Waals surface area contributed by atoms with Crippen LogP contribution >= 0.6 is 21.4 Å². The Kier molecular flexibility index (Phi) is 17.1. The van der Waals surface area contributed by atoms with Gasteiger partial charge in [0.25, 0.3) is 0 Å². The maximum absolute atomic E-state index is 11.1. The summed E-state index contributed by atoms with van der Waals surface area (Å²) in [4.78, 5) is 11.1. The van der Waals surface area contributed by atoms with E-state index in [4.69, 9.17) is 90.9 Å². The van der Waals surface area contributed by atoms with Crippen LogP contribution in [-0.2, 0) is 85.1 Å². The standard InChI is InChI=1S/C12H19NO6.C12H17NO5.C12H18O6.CH4.Cl2OS.H3NO/c1-11(2)16-7-6(5-13-14)15-10-9(8(7)17-11)18-12(3,4)19-10;2*1-11(2)15-7-6(5-13)14-10-9(8(7)16-11)17-12(3,4)18-10;;1-4(2)3;1-2/h5-10,14H,1-4H3;6-10H,1-4H3;5-10H,1-4H3;1H4;;2H,1H2/t3*6-,7+,8+,9-,10-;;;/m000.../s1. The highest BCUT2D eigenvalue weighted by molar-refractivity contribution is 8.26. The average molecular weight is 955 g/mol. The number of hydrogen-bond acceptors (Lipinski definition) is 22. The normalized spacial score (nSPS) is 43.3. The van der Waals surface area contributed by atoms with Crippen molar-refractivity contribution in [3.8, 4) is 6.07 Å². The molecular weight excluding hydrogens is 893 g/mol. The van der Waals surface area contributed by atoms with Gasteiger partial charge in [-0.15, -0.1) is 0 Å². The fraction of sp³-hybridized carbons (Fsp3) is 0.919. The molecule has 9 fully saturated rings. The number of ether oxygens (including phenoxy) is 15. The van der Waals surface area contributed by atoms with Crippen LogP contribution in [0.2, 0.25) is 0 Å². The maximum atomic E-state index is 11.1. The maximum Gasteiger partial charge on any atom is 0.211 e. The van der Waals surface area contributed by atoms with Crippen molar-refractivity contribution < 1.29 is 90.5 Å². The number of nitrogens with two attached hydrogens (primary N) is 1. The number of aldehydes is 1. The summed E-state index contributed by atoms with van der Waals surface area (Å²) in [6.45, 7) is 21.8. The molecule has 0 bridgehead atoms. The number of halogens is 2. The zero-order chi connectivity index (χ0) is 45.7. The molecule has 9 rings (SSSR count). The van der Waals surface area contributed by atoms with Crippen molar-refractivity contribution in [1.29, 1.82) is 5.26 Å². The van der Waals surface area contributed by atoms with Gasteiger partial charge in [0, 0.05) is 21.4 Å². The first kappa shape index (κ1) is 53.3. The van der Waals surface area contributed by atoms with Gasteiger partial charge in [-0.3, -0.25) is 0 Å². The quantitative estimate of drug-likeness (QED) is 0.118. The van der Waals surface area contributed by atoms with E-state index in [1.807, 2.05) is 69.2 Å². The second-order valence-corrected chi connectivity index (χ2v) is 20.1. The third-order valence-corrected chi connectivity index (χ3v) is 10.0. The summed E-state index contributed by atoms with van der Waals surface area (Å²) in [6, 6.07) is 2.09. The van der Waals surface area contributed by atoms with Crippen LogP contribution in [0.1, 0.15) is 90.5 Å². The molecule has 0 saturated carbocycles. The third-order valence-electron chi connectivity index (χ3n) is 10.0. The number of hydrogen-bond donors (Lipinski definition) is 3. The topological polar surface area (TPSA) is 275 Å². The van der Waals surface area contributed by atoms with Crippen molar-refractivity contribution in [2.45, 2.75) is 217 Å². The van der Waals surface area contributed by atoms with Gasteiger partial charge >= 0.3 is 0 Å². The second kappa shape index (κ2) is 19.9. The molecule has 0 aromatic heterocycles. The van der Waals surface area contributed by atoms with E-state index in [-0.39, 0.29) is 50.2 Å². The summed E-state index contributed by atoms with van der Waals surface area (Å²) in [7, 11) is 7.36. The second-order valence-electron chi connectivity index (χ2n) is 17.6. The van der Waals surface area contributed by atoms with E-state index in [0.29, 0.717) is 0 Å². The molecular formula is C37H61Cl2N3O19S. The molecule has 0 aromatic rings.